The molecule has 5 rings (SSSR count). The van der Waals surface area contributed by atoms with E-state index in [9.17, 15) is 4.79 Å². The largest absolute Gasteiger partial charge is 0.497 e. The maximum atomic E-state index is 12.6. The number of hydrazine groups is 1. The van der Waals surface area contributed by atoms with Crippen LogP contribution >= 0.6 is 12.2 Å². The number of amides is 1. The molecule has 28 heavy (non-hydrogen) atoms. The molecule has 0 radical (unpaired) electrons. The van der Waals surface area contributed by atoms with Crippen molar-refractivity contribution in [3.8, 4) is 11.5 Å². The molecule has 4 bridgehead atoms. The third kappa shape index (κ3) is 4.04. The van der Waals surface area contributed by atoms with Gasteiger partial charge in [-0.25, -0.2) is 0 Å². The lowest BCUT2D eigenvalue weighted by molar-refractivity contribution is -0.129. The fourth-order valence-electron chi connectivity index (χ4n) is 6.08. The molecule has 4 aliphatic rings. The van der Waals surface area contributed by atoms with Gasteiger partial charge in [0.1, 0.15) is 11.5 Å². The number of ether oxygens (including phenoxy) is 2. The van der Waals surface area contributed by atoms with E-state index < -0.39 is 0 Å². The zero-order valence-electron chi connectivity index (χ0n) is 16.5. The van der Waals surface area contributed by atoms with Crippen molar-refractivity contribution in [3.05, 3.63) is 18.2 Å². The third-order valence-corrected chi connectivity index (χ3v) is 6.88. The number of carbonyl (C=O) groups is 1. The number of hydrogen-bond acceptors (Lipinski definition) is 4. The van der Waals surface area contributed by atoms with Crippen LogP contribution in [0.5, 0.6) is 11.5 Å². The molecule has 0 saturated heterocycles. The van der Waals surface area contributed by atoms with Crippen LogP contribution in [0.3, 0.4) is 0 Å². The van der Waals surface area contributed by atoms with Crippen molar-refractivity contribution in [2.75, 3.05) is 19.5 Å². The average molecular weight is 404 g/mol. The molecule has 1 aromatic carbocycles. The quantitative estimate of drug-likeness (QED) is 0.515. The first-order chi connectivity index (χ1) is 13.5. The van der Waals surface area contributed by atoms with E-state index in [1.165, 1.54) is 38.5 Å². The zero-order valence-corrected chi connectivity index (χ0v) is 17.4. The summed E-state index contributed by atoms with van der Waals surface area (Å²) in [7, 11) is 3.20. The number of benzene rings is 1. The van der Waals surface area contributed by atoms with Crippen molar-refractivity contribution >= 4 is 28.9 Å². The average Bonchev–Trinajstić information content (AvgIpc) is 2.65. The molecule has 0 aromatic heterocycles. The number of nitrogens with one attached hydrogen (secondary N) is 3. The normalized spacial score (nSPS) is 29.9. The van der Waals surface area contributed by atoms with Crippen LogP contribution in [-0.2, 0) is 4.79 Å². The Labute approximate surface area is 171 Å². The van der Waals surface area contributed by atoms with Crippen molar-refractivity contribution in [2.24, 2.45) is 23.2 Å². The second-order valence-corrected chi connectivity index (χ2v) is 9.20. The molecule has 3 N–H and O–H groups in total. The molecule has 0 unspecified atom stereocenters. The molecule has 0 spiro atoms. The van der Waals surface area contributed by atoms with E-state index in [2.05, 4.69) is 16.2 Å². The number of hydrogen-bond donors (Lipinski definition) is 3. The summed E-state index contributed by atoms with van der Waals surface area (Å²) in [5, 5.41) is 3.36. The lowest BCUT2D eigenvalue weighted by atomic mass is 9.49. The molecule has 6 nitrogen and oxygen atoms in total. The van der Waals surface area contributed by atoms with Crippen LogP contribution in [0.15, 0.2) is 18.2 Å². The van der Waals surface area contributed by atoms with Gasteiger partial charge in [-0.2, -0.15) is 0 Å². The smallest absolute Gasteiger partial charge is 0.238 e. The minimum atomic E-state index is 0.0173. The van der Waals surface area contributed by atoms with Crippen LogP contribution in [0.1, 0.15) is 44.9 Å². The van der Waals surface area contributed by atoms with Gasteiger partial charge in [0.25, 0.3) is 0 Å². The summed E-state index contributed by atoms with van der Waals surface area (Å²) in [5.41, 5.74) is 6.50. The molecule has 4 fully saturated rings. The van der Waals surface area contributed by atoms with Crippen LogP contribution in [0.25, 0.3) is 0 Å². The highest BCUT2D eigenvalue weighted by molar-refractivity contribution is 7.80. The van der Waals surface area contributed by atoms with Gasteiger partial charge in [-0.05, 0) is 86.0 Å². The van der Waals surface area contributed by atoms with Crippen molar-refractivity contribution in [1.29, 1.82) is 0 Å². The van der Waals surface area contributed by atoms with Gasteiger partial charge in [0, 0.05) is 12.5 Å². The van der Waals surface area contributed by atoms with E-state index in [0.29, 0.717) is 28.7 Å². The van der Waals surface area contributed by atoms with E-state index >= 15 is 0 Å². The van der Waals surface area contributed by atoms with E-state index in [1.807, 2.05) is 6.07 Å². The van der Waals surface area contributed by atoms with Gasteiger partial charge in [-0.15, -0.1) is 0 Å². The number of carbonyl (C=O) groups excluding carboxylic acids is 1. The topological polar surface area (TPSA) is 71.6 Å². The van der Waals surface area contributed by atoms with Gasteiger partial charge in [0.2, 0.25) is 5.91 Å². The Kier molecular flexibility index (Phi) is 5.36. The van der Waals surface area contributed by atoms with Crippen LogP contribution in [0.2, 0.25) is 0 Å². The molecule has 0 aliphatic heterocycles. The predicted molar refractivity (Wildman–Crippen MR) is 112 cm³/mol. The summed E-state index contributed by atoms with van der Waals surface area (Å²) < 4.78 is 10.6. The molecule has 7 heteroatoms. The number of anilines is 1. The van der Waals surface area contributed by atoms with Crippen molar-refractivity contribution in [2.45, 2.75) is 44.9 Å². The van der Waals surface area contributed by atoms with Gasteiger partial charge in [-0.3, -0.25) is 15.6 Å². The Morgan fingerprint density at radius 2 is 1.71 bits per heavy atom. The van der Waals surface area contributed by atoms with Crippen molar-refractivity contribution < 1.29 is 14.3 Å². The Balaban J connectivity index is 1.30. The Morgan fingerprint density at radius 3 is 2.29 bits per heavy atom. The second kappa shape index (κ2) is 7.78. The highest BCUT2D eigenvalue weighted by Gasteiger charge is 2.51. The van der Waals surface area contributed by atoms with E-state index in [-0.39, 0.29) is 11.3 Å². The maximum absolute atomic E-state index is 12.6. The van der Waals surface area contributed by atoms with Gasteiger partial charge in [-0.1, -0.05) is 0 Å². The van der Waals surface area contributed by atoms with E-state index in [1.54, 1.807) is 26.4 Å². The third-order valence-electron chi connectivity index (χ3n) is 6.67. The fraction of sp³-hybridized carbons (Fsp3) is 0.619. The zero-order chi connectivity index (χ0) is 19.7. The van der Waals surface area contributed by atoms with E-state index in [0.717, 1.165) is 17.8 Å². The van der Waals surface area contributed by atoms with Crippen molar-refractivity contribution in [1.82, 2.24) is 10.9 Å². The summed E-state index contributed by atoms with van der Waals surface area (Å²) in [4.78, 5) is 12.6. The first kappa shape index (κ1) is 19.3. The fourth-order valence-corrected chi connectivity index (χ4v) is 6.24. The van der Waals surface area contributed by atoms with Crippen LogP contribution in [-0.4, -0.2) is 25.2 Å². The first-order valence-corrected chi connectivity index (χ1v) is 10.5. The summed E-state index contributed by atoms with van der Waals surface area (Å²) >= 11 is 5.32. The molecule has 152 valence electrons. The molecule has 0 heterocycles. The number of methoxy groups -OCH3 is 2. The minimum Gasteiger partial charge on any atom is -0.497 e. The van der Waals surface area contributed by atoms with Crippen molar-refractivity contribution in [3.63, 3.8) is 0 Å². The number of rotatable bonds is 5. The van der Waals surface area contributed by atoms with Gasteiger partial charge < -0.3 is 14.8 Å². The lowest BCUT2D eigenvalue weighted by Gasteiger charge is -2.56. The summed E-state index contributed by atoms with van der Waals surface area (Å²) in [6.07, 6.45) is 8.40. The van der Waals surface area contributed by atoms with Crippen LogP contribution in [0, 0.1) is 23.2 Å². The second-order valence-electron chi connectivity index (χ2n) is 8.79. The van der Waals surface area contributed by atoms with Gasteiger partial charge in [0.15, 0.2) is 5.11 Å². The molecule has 1 amide bonds. The van der Waals surface area contributed by atoms with Crippen LogP contribution in [0.4, 0.5) is 5.69 Å². The SMILES string of the molecule is COc1ccc(OC)c(NC(=S)NNC(=O)CC23CC4CC(CC(C4)C2)C3)c1. The molecule has 0 atom stereocenters. The Hall–Kier alpha value is -2.02. The monoisotopic (exact) mass is 403 g/mol. The standard InChI is InChI=1S/C21H29N3O3S/c1-26-16-3-4-18(27-2)17(8-16)22-20(28)24-23-19(25)12-21-9-13-5-14(10-21)7-15(6-13)11-21/h3-4,8,13-15H,5-7,9-12H2,1-2H3,(H,23,25)(H2,22,24,28). The predicted octanol–water partition coefficient (Wildman–Crippen LogP) is 3.63. The summed E-state index contributed by atoms with van der Waals surface area (Å²) in [6, 6.07) is 5.41. The minimum absolute atomic E-state index is 0.0173. The summed E-state index contributed by atoms with van der Waals surface area (Å²) in [6.45, 7) is 0. The molecule has 4 aliphatic carbocycles. The highest BCUT2D eigenvalue weighted by atomic mass is 32.1. The molecule has 1 aromatic rings. The Morgan fingerprint density at radius 1 is 1.07 bits per heavy atom. The first-order valence-electron chi connectivity index (χ1n) is 10.1. The summed E-state index contributed by atoms with van der Waals surface area (Å²) in [5.74, 6) is 3.88. The molecular formula is C21H29N3O3S. The molecule has 4 saturated carbocycles. The van der Waals surface area contributed by atoms with Crippen LogP contribution < -0.4 is 25.6 Å². The van der Waals surface area contributed by atoms with Gasteiger partial charge in [0.05, 0.1) is 19.9 Å². The van der Waals surface area contributed by atoms with E-state index in [4.69, 9.17) is 21.7 Å². The Bertz CT molecular complexity index is 732. The van der Waals surface area contributed by atoms with Gasteiger partial charge >= 0.3 is 0 Å². The highest BCUT2D eigenvalue weighted by Crippen LogP contribution is 2.61. The molecular weight excluding hydrogens is 374 g/mol. The lowest BCUT2D eigenvalue weighted by Crippen LogP contribution is -2.50. The number of thiocarbonyl (C=S) groups is 1. The maximum Gasteiger partial charge on any atom is 0.238 e.